The van der Waals surface area contributed by atoms with Crippen LogP contribution in [0.4, 0.5) is 11.4 Å². The van der Waals surface area contributed by atoms with Crippen molar-refractivity contribution in [2.24, 2.45) is 10.9 Å². The summed E-state index contributed by atoms with van der Waals surface area (Å²) >= 11 is 0. The Hall–Kier alpha value is -2.03. The van der Waals surface area contributed by atoms with Crippen LogP contribution in [0.3, 0.4) is 0 Å². The number of likely N-dealkylation sites (tertiary alicyclic amines) is 1. The number of aliphatic imine (C=N–C) groups is 1. The molecule has 0 bridgehead atoms. The highest BCUT2D eigenvalue weighted by Gasteiger charge is 2.33. The minimum atomic E-state index is 0.269. The Balaban J connectivity index is 1.40. The third-order valence-corrected chi connectivity index (χ3v) is 7.11. The molecule has 0 radical (unpaired) electrons. The highest BCUT2D eigenvalue weighted by atomic mass is 15.2. The minimum absolute atomic E-state index is 0.269. The van der Waals surface area contributed by atoms with E-state index in [1.54, 1.807) is 0 Å². The van der Waals surface area contributed by atoms with Crippen LogP contribution >= 0.6 is 0 Å². The molecule has 3 nitrogen and oxygen atoms in total. The van der Waals surface area contributed by atoms with Gasteiger partial charge in [-0.1, -0.05) is 18.9 Å². The van der Waals surface area contributed by atoms with Crippen molar-refractivity contribution in [2.75, 3.05) is 24.5 Å². The Morgan fingerprint density at radius 3 is 2.54 bits per heavy atom. The molecular formula is C25H33N3. The molecule has 148 valence electrons. The van der Waals surface area contributed by atoms with Gasteiger partial charge in [-0.3, -0.25) is 4.99 Å². The van der Waals surface area contributed by atoms with Gasteiger partial charge in [0.25, 0.3) is 0 Å². The quantitative estimate of drug-likeness (QED) is 0.666. The number of nitrogens with zero attached hydrogens (tertiary/aromatic N) is 3. The minimum Gasteiger partial charge on any atom is -0.372 e. The van der Waals surface area contributed by atoms with E-state index in [4.69, 9.17) is 4.99 Å². The summed E-state index contributed by atoms with van der Waals surface area (Å²) in [4.78, 5) is 10.2. The van der Waals surface area contributed by atoms with Gasteiger partial charge in [0.1, 0.15) is 0 Å². The van der Waals surface area contributed by atoms with Gasteiger partial charge in [0.2, 0.25) is 0 Å². The summed E-state index contributed by atoms with van der Waals surface area (Å²) in [5, 5.41) is 0. The number of fused-ring (bicyclic) bond motifs is 2. The molecule has 1 aromatic rings. The Morgan fingerprint density at radius 1 is 0.964 bits per heavy atom. The topological polar surface area (TPSA) is 18.8 Å². The molecule has 1 aliphatic carbocycles. The van der Waals surface area contributed by atoms with Crippen LogP contribution in [0.1, 0.15) is 57.9 Å². The standard InChI is InChI=1S/C25H33N3/c1-25(2)12-7-15-28(25)22-9-11-24-20(18-22)16-19-17-21(8-10-23(19)26-24)27-13-5-3-4-6-14-27/h8-11,17-19H,3-7,12-16H2,1-2H3. The molecule has 0 N–H and O–H groups in total. The number of hydrogen-bond acceptors (Lipinski definition) is 3. The molecule has 3 aliphatic heterocycles. The zero-order chi connectivity index (χ0) is 19.1. The Bertz CT molecular complexity index is 837. The van der Waals surface area contributed by atoms with Gasteiger partial charge in [-0.2, -0.15) is 0 Å². The highest BCUT2D eigenvalue weighted by Crippen LogP contribution is 2.39. The lowest BCUT2D eigenvalue weighted by Gasteiger charge is -2.35. The van der Waals surface area contributed by atoms with Gasteiger partial charge >= 0.3 is 0 Å². The van der Waals surface area contributed by atoms with Crippen molar-refractivity contribution in [3.8, 4) is 0 Å². The van der Waals surface area contributed by atoms with E-state index in [1.165, 1.54) is 86.5 Å². The molecule has 1 unspecified atom stereocenters. The van der Waals surface area contributed by atoms with Crippen LogP contribution in [-0.2, 0) is 6.42 Å². The number of rotatable bonds is 2. The fourth-order valence-electron chi connectivity index (χ4n) is 5.44. The van der Waals surface area contributed by atoms with Crippen LogP contribution in [0.15, 0.2) is 47.1 Å². The summed E-state index contributed by atoms with van der Waals surface area (Å²) < 4.78 is 0. The van der Waals surface area contributed by atoms with Gasteiger partial charge in [0.15, 0.2) is 0 Å². The number of benzene rings is 1. The van der Waals surface area contributed by atoms with Crippen LogP contribution in [0.25, 0.3) is 0 Å². The fourth-order valence-corrected chi connectivity index (χ4v) is 5.44. The van der Waals surface area contributed by atoms with Gasteiger partial charge in [0, 0.05) is 48.2 Å². The lowest BCUT2D eigenvalue weighted by Crippen LogP contribution is -2.38. The lowest BCUT2D eigenvalue weighted by atomic mass is 9.86. The maximum absolute atomic E-state index is 5.02. The normalized spacial score (nSPS) is 26.3. The maximum Gasteiger partial charge on any atom is 0.0667 e. The predicted octanol–water partition coefficient (Wildman–Crippen LogP) is 5.64. The molecule has 1 atom stereocenters. The molecule has 0 saturated carbocycles. The van der Waals surface area contributed by atoms with E-state index >= 15 is 0 Å². The average molecular weight is 376 g/mol. The van der Waals surface area contributed by atoms with Crippen molar-refractivity contribution >= 4 is 17.1 Å². The van der Waals surface area contributed by atoms with Crippen molar-refractivity contribution in [3.63, 3.8) is 0 Å². The number of allylic oxidation sites excluding steroid dienone is 3. The molecule has 28 heavy (non-hydrogen) atoms. The molecule has 0 aromatic heterocycles. The summed E-state index contributed by atoms with van der Waals surface area (Å²) in [7, 11) is 0. The summed E-state index contributed by atoms with van der Waals surface area (Å²) in [6.45, 7) is 8.33. The average Bonchev–Trinajstić information content (AvgIpc) is 2.89. The first kappa shape index (κ1) is 18.0. The van der Waals surface area contributed by atoms with Crippen LogP contribution in [0.5, 0.6) is 0 Å². The van der Waals surface area contributed by atoms with E-state index < -0.39 is 0 Å². The Morgan fingerprint density at radius 2 is 1.79 bits per heavy atom. The van der Waals surface area contributed by atoms with Crippen LogP contribution in [0, 0.1) is 5.92 Å². The number of anilines is 1. The molecule has 5 rings (SSSR count). The summed E-state index contributed by atoms with van der Waals surface area (Å²) in [6, 6.07) is 6.94. The van der Waals surface area contributed by atoms with Gasteiger partial charge in [-0.05, 0) is 81.9 Å². The second-order valence-corrected chi connectivity index (χ2v) is 9.55. The van der Waals surface area contributed by atoms with Crippen molar-refractivity contribution in [2.45, 2.75) is 64.3 Å². The van der Waals surface area contributed by atoms with E-state index in [0.29, 0.717) is 5.92 Å². The molecule has 0 spiro atoms. The lowest BCUT2D eigenvalue weighted by molar-refractivity contribution is 0.366. The first-order valence-corrected chi connectivity index (χ1v) is 11.2. The smallest absolute Gasteiger partial charge is 0.0667 e. The van der Waals surface area contributed by atoms with E-state index in [0.717, 1.165) is 6.42 Å². The van der Waals surface area contributed by atoms with Crippen LogP contribution in [-0.4, -0.2) is 35.8 Å². The van der Waals surface area contributed by atoms with E-state index in [2.05, 4.69) is 60.1 Å². The van der Waals surface area contributed by atoms with Gasteiger partial charge < -0.3 is 9.80 Å². The highest BCUT2D eigenvalue weighted by molar-refractivity contribution is 6.02. The first-order chi connectivity index (χ1) is 13.6. The second-order valence-electron chi connectivity index (χ2n) is 9.55. The predicted molar refractivity (Wildman–Crippen MR) is 119 cm³/mol. The molecular weight excluding hydrogens is 342 g/mol. The molecule has 4 aliphatic rings. The Labute approximate surface area is 169 Å². The monoisotopic (exact) mass is 375 g/mol. The van der Waals surface area contributed by atoms with Crippen molar-refractivity contribution < 1.29 is 0 Å². The first-order valence-electron chi connectivity index (χ1n) is 11.2. The third-order valence-electron chi connectivity index (χ3n) is 7.11. The third kappa shape index (κ3) is 3.29. The Kier molecular flexibility index (Phi) is 4.57. The molecule has 2 fully saturated rings. The summed E-state index contributed by atoms with van der Waals surface area (Å²) in [5.41, 5.74) is 6.89. The fraction of sp³-hybridized carbons (Fsp3) is 0.560. The zero-order valence-corrected chi connectivity index (χ0v) is 17.5. The number of hydrogen-bond donors (Lipinski definition) is 0. The van der Waals surface area contributed by atoms with Crippen LogP contribution in [0.2, 0.25) is 0 Å². The van der Waals surface area contributed by atoms with Crippen molar-refractivity contribution in [1.29, 1.82) is 0 Å². The largest absolute Gasteiger partial charge is 0.372 e. The zero-order valence-electron chi connectivity index (χ0n) is 17.5. The molecule has 3 heterocycles. The summed E-state index contributed by atoms with van der Waals surface area (Å²) in [6.07, 6.45) is 16.1. The van der Waals surface area contributed by atoms with Crippen LogP contribution < -0.4 is 4.90 Å². The van der Waals surface area contributed by atoms with Gasteiger partial charge in [-0.25, -0.2) is 0 Å². The van der Waals surface area contributed by atoms with Gasteiger partial charge in [0.05, 0.1) is 5.69 Å². The molecule has 2 saturated heterocycles. The van der Waals surface area contributed by atoms with E-state index in [1.807, 2.05) is 0 Å². The van der Waals surface area contributed by atoms with Crippen molar-refractivity contribution in [3.05, 3.63) is 47.7 Å². The SMILES string of the molecule is CC1(C)CCCN1c1ccc2c(c1)CC1C=C(N3CCCCCC3)C=CC1=N2. The van der Waals surface area contributed by atoms with Crippen molar-refractivity contribution in [1.82, 2.24) is 4.90 Å². The van der Waals surface area contributed by atoms with E-state index in [-0.39, 0.29) is 5.54 Å². The summed E-state index contributed by atoms with van der Waals surface area (Å²) in [5.74, 6) is 0.428. The molecule has 1 aromatic carbocycles. The van der Waals surface area contributed by atoms with Gasteiger partial charge in [-0.15, -0.1) is 0 Å². The second kappa shape index (κ2) is 7.09. The molecule has 0 amide bonds. The van der Waals surface area contributed by atoms with E-state index in [9.17, 15) is 0 Å². The maximum atomic E-state index is 5.02. The molecule has 3 heteroatoms.